The molecular formula is C12H14N2O3. The van der Waals surface area contributed by atoms with E-state index >= 15 is 0 Å². The molecule has 1 aliphatic rings. The summed E-state index contributed by atoms with van der Waals surface area (Å²) in [5.41, 5.74) is 6.79. The molecule has 1 aromatic rings. The SMILES string of the molecule is NC(CC(=O)N1CCOC1=O)c1ccccc1. The van der Waals surface area contributed by atoms with Crippen LogP contribution in [0.3, 0.4) is 0 Å². The van der Waals surface area contributed by atoms with Crippen molar-refractivity contribution in [3.8, 4) is 0 Å². The van der Waals surface area contributed by atoms with Gasteiger partial charge in [0.25, 0.3) is 0 Å². The van der Waals surface area contributed by atoms with Crippen LogP contribution in [0.1, 0.15) is 18.0 Å². The highest BCUT2D eigenvalue weighted by atomic mass is 16.6. The zero-order valence-corrected chi connectivity index (χ0v) is 9.33. The second-order valence-electron chi connectivity index (χ2n) is 3.88. The third kappa shape index (κ3) is 2.62. The van der Waals surface area contributed by atoms with Crippen LogP contribution in [-0.2, 0) is 9.53 Å². The maximum absolute atomic E-state index is 11.8. The quantitative estimate of drug-likeness (QED) is 0.848. The summed E-state index contributed by atoms with van der Waals surface area (Å²) < 4.78 is 4.70. The largest absolute Gasteiger partial charge is 0.447 e. The molecule has 0 saturated carbocycles. The molecule has 0 spiro atoms. The highest BCUT2D eigenvalue weighted by Gasteiger charge is 2.29. The van der Waals surface area contributed by atoms with Gasteiger partial charge in [-0.15, -0.1) is 0 Å². The second kappa shape index (κ2) is 4.97. The molecule has 1 heterocycles. The highest BCUT2D eigenvalue weighted by molar-refractivity contribution is 5.93. The van der Waals surface area contributed by atoms with E-state index in [4.69, 9.17) is 10.5 Å². The highest BCUT2D eigenvalue weighted by Crippen LogP contribution is 2.16. The lowest BCUT2D eigenvalue weighted by molar-refractivity contribution is -0.128. The number of cyclic esters (lactones) is 1. The fraction of sp³-hybridized carbons (Fsp3) is 0.333. The zero-order chi connectivity index (χ0) is 12.3. The van der Waals surface area contributed by atoms with Gasteiger partial charge < -0.3 is 10.5 Å². The van der Waals surface area contributed by atoms with Gasteiger partial charge in [-0.05, 0) is 5.56 Å². The van der Waals surface area contributed by atoms with E-state index in [-0.39, 0.29) is 18.9 Å². The molecule has 90 valence electrons. The Hall–Kier alpha value is -1.88. The van der Waals surface area contributed by atoms with Crippen LogP contribution in [0.5, 0.6) is 0 Å². The lowest BCUT2D eigenvalue weighted by Crippen LogP contribution is -2.33. The number of amides is 2. The maximum atomic E-state index is 11.8. The first-order chi connectivity index (χ1) is 8.18. The number of nitrogens with two attached hydrogens (primary N) is 1. The van der Waals surface area contributed by atoms with Gasteiger partial charge >= 0.3 is 6.09 Å². The van der Waals surface area contributed by atoms with Crippen LogP contribution in [0.15, 0.2) is 30.3 Å². The number of ether oxygens (including phenoxy) is 1. The summed E-state index contributed by atoms with van der Waals surface area (Å²) in [6, 6.07) is 8.95. The molecule has 1 atom stereocenters. The third-order valence-corrected chi connectivity index (χ3v) is 2.68. The van der Waals surface area contributed by atoms with Gasteiger partial charge in [0.1, 0.15) is 6.61 Å². The summed E-state index contributed by atoms with van der Waals surface area (Å²) in [5, 5.41) is 0. The molecule has 1 fully saturated rings. The summed E-state index contributed by atoms with van der Waals surface area (Å²) >= 11 is 0. The minimum atomic E-state index is -0.574. The van der Waals surface area contributed by atoms with E-state index in [0.29, 0.717) is 6.54 Å². The van der Waals surface area contributed by atoms with Gasteiger partial charge in [-0.2, -0.15) is 0 Å². The molecule has 2 N–H and O–H groups in total. The molecule has 1 aromatic carbocycles. The summed E-state index contributed by atoms with van der Waals surface area (Å²) in [6.45, 7) is 0.588. The van der Waals surface area contributed by atoms with E-state index in [1.807, 2.05) is 30.3 Å². The zero-order valence-electron chi connectivity index (χ0n) is 9.33. The standard InChI is InChI=1S/C12H14N2O3/c13-10(9-4-2-1-3-5-9)8-11(15)14-6-7-17-12(14)16/h1-5,10H,6-8,13H2. The van der Waals surface area contributed by atoms with Gasteiger partial charge in [-0.3, -0.25) is 4.79 Å². The normalized spacial score (nSPS) is 16.8. The van der Waals surface area contributed by atoms with Gasteiger partial charge in [0.15, 0.2) is 0 Å². The maximum Gasteiger partial charge on any atom is 0.416 e. The van der Waals surface area contributed by atoms with Gasteiger partial charge in [-0.1, -0.05) is 30.3 Å². The number of nitrogens with zero attached hydrogens (tertiary/aromatic N) is 1. The predicted octanol–water partition coefficient (Wildman–Crippen LogP) is 1.06. The van der Waals surface area contributed by atoms with Crippen LogP contribution in [0.4, 0.5) is 4.79 Å². The lowest BCUT2D eigenvalue weighted by Gasteiger charge is -2.15. The lowest BCUT2D eigenvalue weighted by atomic mass is 10.0. The molecule has 1 saturated heterocycles. The number of hydrogen-bond donors (Lipinski definition) is 1. The van der Waals surface area contributed by atoms with E-state index in [0.717, 1.165) is 10.5 Å². The first-order valence-corrected chi connectivity index (χ1v) is 5.46. The molecule has 0 aliphatic carbocycles. The van der Waals surface area contributed by atoms with Crippen molar-refractivity contribution in [3.63, 3.8) is 0 Å². The average Bonchev–Trinajstić information content (AvgIpc) is 2.76. The number of hydrogen-bond acceptors (Lipinski definition) is 4. The molecule has 17 heavy (non-hydrogen) atoms. The van der Waals surface area contributed by atoms with Crippen LogP contribution in [0, 0.1) is 0 Å². The molecule has 1 aliphatic heterocycles. The first-order valence-electron chi connectivity index (χ1n) is 5.46. The Kier molecular flexibility index (Phi) is 3.39. The van der Waals surface area contributed by atoms with Crippen molar-refractivity contribution in [3.05, 3.63) is 35.9 Å². The second-order valence-corrected chi connectivity index (χ2v) is 3.88. The Morgan fingerprint density at radius 3 is 2.71 bits per heavy atom. The first kappa shape index (κ1) is 11.6. The molecule has 0 aromatic heterocycles. The van der Waals surface area contributed by atoms with E-state index in [1.165, 1.54) is 0 Å². The van der Waals surface area contributed by atoms with Crippen molar-refractivity contribution in [1.29, 1.82) is 0 Å². The molecular weight excluding hydrogens is 220 g/mol. The van der Waals surface area contributed by atoms with Crippen LogP contribution >= 0.6 is 0 Å². The molecule has 5 heteroatoms. The topological polar surface area (TPSA) is 72.6 Å². The summed E-state index contributed by atoms with van der Waals surface area (Å²) in [4.78, 5) is 24.1. The number of rotatable bonds is 3. The summed E-state index contributed by atoms with van der Waals surface area (Å²) in [6.07, 6.45) is -0.464. The Bertz CT molecular complexity index is 419. The molecule has 2 amide bonds. The average molecular weight is 234 g/mol. The Labute approximate surface area is 99.2 Å². The Morgan fingerprint density at radius 1 is 1.41 bits per heavy atom. The van der Waals surface area contributed by atoms with E-state index in [1.54, 1.807) is 0 Å². The van der Waals surface area contributed by atoms with Crippen molar-refractivity contribution in [1.82, 2.24) is 4.90 Å². The minimum Gasteiger partial charge on any atom is -0.447 e. The van der Waals surface area contributed by atoms with Gasteiger partial charge in [0.05, 0.1) is 6.54 Å². The van der Waals surface area contributed by atoms with Gasteiger partial charge in [-0.25, -0.2) is 9.69 Å². The summed E-state index contributed by atoms with van der Waals surface area (Å²) in [7, 11) is 0. The third-order valence-electron chi connectivity index (χ3n) is 2.68. The fourth-order valence-corrected chi connectivity index (χ4v) is 1.74. The summed E-state index contributed by atoms with van der Waals surface area (Å²) in [5.74, 6) is -0.288. The molecule has 0 radical (unpaired) electrons. The number of imide groups is 1. The van der Waals surface area contributed by atoms with Gasteiger partial charge in [0.2, 0.25) is 5.91 Å². The van der Waals surface area contributed by atoms with Crippen LogP contribution < -0.4 is 5.73 Å². The van der Waals surface area contributed by atoms with E-state index < -0.39 is 12.1 Å². The Balaban J connectivity index is 1.97. The van der Waals surface area contributed by atoms with Crippen LogP contribution in [-0.4, -0.2) is 30.1 Å². The monoisotopic (exact) mass is 234 g/mol. The number of carbonyl (C=O) groups excluding carboxylic acids is 2. The molecule has 2 rings (SSSR count). The fourth-order valence-electron chi connectivity index (χ4n) is 1.74. The molecule has 1 unspecified atom stereocenters. The van der Waals surface area contributed by atoms with Crippen molar-refractivity contribution >= 4 is 12.0 Å². The van der Waals surface area contributed by atoms with Crippen molar-refractivity contribution in [2.75, 3.05) is 13.2 Å². The minimum absolute atomic E-state index is 0.110. The van der Waals surface area contributed by atoms with Crippen molar-refractivity contribution < 1.29 is 14.3 Å². The number of carbonyl (C=O) groups is 2. The van der Waals surface area contributed by atoms with Crippen LogP contribution in [0.2, 0.25) is 0 Å². The molecule has 5 nitrogen and oxygen atoms in total. The van der Waals surface area contributed by atoms with Gasteiger partial charge in [0, 0.05) is 12.5 Å². The van der Waals surface area contributed by atoms with E-state index in [9.17, 15) is 9.59 Å². The van der Waals surface area contributed by atoms with Crippen LogP contribution in [0.25, 0.3) is 0 Å². The van der Waals surface area contributed by atoms with Crippen molar-refractivity contribution in [2.24, 2.45) is 5.73 Å². The Morgan fingerprint density at radius 2 is 2.12 bits per heavy atom. The smallest absolute Gasteiger partial charge is 0.416 e. The van der Waals surface area contributed by atoms with Crippen molar-refractivity contribution in [2.45, 2.75) is 12.5 Å². The predicted molar refractivity (Wildman–Crippen MR) is 61.0 cm³/mol. The molecule has 0 bridgehead atoms. The van der Waals surface area contributed by atoms with E-state index in [2.05, 4.69) is 0 Å². The number of benzene rings is 1.